The highest BCUT2D eigenvalue weighted by atomic mass is 16.5. The van der Waals surface area contributed by atoms with Crippen molar-refractivity contribution in [2.45, 2.75) is 38.3 Å². The van der Waals surface area contributed by atoms with Gasteiger partial charge in [0, 0.05) is 30.2 Å². The van der Waals surface area contributed by atoms with E-state index in [2.05, 4.69) is 15.7 Å². The van der Waals surface area contributed by atoms with E-state index in [1.165, 1.54) is 12.8 Å². The van der Waals surface area contributed by atoms with Crippen LogP contribution in [-0.4, -0.2) is 28.5 Å². The number of ether oxygens (including phenoxy) is 1. The van der Waals surface area contributed by atoms with Crippen molar-refractivity contribution in [3.05, 3.63) is 42.7 Å². The zero-order valence-corrected chi connectivity index (χ0v) is 13.1. The van der Waals surface area contributed by atoms with Gasteiger partial charge in [-0.1, -0.05) is 18.9 Å². The molecular formula is C17H22N4O2. The highest BCUT2D eigenvalue weighted by molar-refractivity contribution is 5.89. The van der Waals surface area contributed by atoms with E-state index in [9.17, 15) is 4.79 Å². The number of carbonyl (C=O) groups is 1. The van der Waals surface area contributed by atoms with Crippen LogP contribution < -0.4 is 15.4 Å². The number of rotatable bonds is 6. The predicted molar refractivity (Wildman–Crippen MR) is 88.6 cm³/mol. The first-order chi connectivity index (χ1) is 11.3. The molecule has 0 saturated heterocycles. The van der Waals surface area contributed by atoms with Crippen molar-refractivity contribution < 1.29 is 9.53 Å². The van der Waals surface area contributed by atoms with Gasteiger partial charge in [-0.25, -0.2) is 4.79 Å². The van der Waals surface area contributed by atoms with Gasteiger partial charge in [0.15, 0.2) is 0 Å². The summed E-state index contributed by atoms with van der Waals surface area (Å²) in [6.45, 7) is 1.21. The number of nitrogens with one attached hydrogen (secondary N) is 2. The number of hydrogen-bond donors (Lipinski definition) is 2. The monoisotopic (exact) mass is 314 g/mol. The van der Waals surface area contributed by atoms with Crippen molar-refractivity contribution in [1.82, 2.24) is 15.1 Å². The van der Waals surface area contributed by atoms with Gasteiger partial charge in [0.05, 0.1) is 6.54 Å². The maximum absolute atomic E-state index is 12.0. The number of amides is 2. The fraction of sp³-hybridized carbons (Fsp3) is 0.412. The van der Waals surface area contributed by atoms with Crippen LogP contribution in [0.1, 0.15) is 25.7 Å². The van der Waals surface area contributed by atoms with E-state index in [1.807, 2.05) is 41.2 Å². The van der Waals surface area contributed by atoms with E-state index >= 15 is 0 Å². The molecule has 1 heterocycles. The number of carbonyl (C=O) groups excluding carboxylic acids is 1. The number of benzene rings is 1. The Bertz CT molecular complexity index is 621. The molecule has 1 aliphatic rings. The zero-order chi connectivity index (χ0) is 15.9. The van der Waals surface area contributed by atoms with E-state index in [1.54, 1.807) is 6.20 Å². The molecule has 1 fully saturated rings. The van der Waals surface area contributed by atoms with Gasteiger partial charge in [0.25, 0.3) is 0 Å². The minimum Gasteiger partial charge on any atom is -0.492 e. The van der Waals surface area contributed by atoms with Crippen molar-refractivity contribution in [2.75, 3.05) is 11.9 Å². The largest absolute Gasteiger partial charge is 0.492 e. The first-order valence-corrected chi connectivity index (χ1v) is 8.07. The third kappa shape index (κ3) is 4.74. The summed E-state index contributed by atoms with van der Waals surface area (Å²) < 4.78 is 7.52. The molecule has 1 aliphatic carbocycles. The SMILES string of the molecule is O=C(Nc1cccc(OCCn2cccn2)c1)NC1CCCC1. The van der Waals surface area contributed by atoms with Crippen LogP contribution in [0.2, 0.25) is 0 Å². The lowest BCUT2D eigenvalue weighted by molar-refractivity contribution is 0.248. The van der Waals surface area contributed by atoms with E-state index in [0.717, 1.165) is 24.3 Å². The molecule has 3 rings (SSSR count). The first-order valence-electron chi connectivity index (χ1n) is 8.07. The Morgan fingerprint density at radius 3 is 2.96 bits per heavy atom. The Kier molecular flexibility index (Phi) is 5.13. The lowest BCUT2D eigenvalue weighted by atomic mass is 10.2. The van der Waals surface area contributed by atoms with Crippen LogP contribution in [0.4, 0.5) is 10.5 Å². The van der Waals surface area contributed by atoms with Gasteiger partial charge in [-0.05, 0) is 31.0 Å². The maximum atomic E-state index is 12.0. The second-order valence-electron chi connectivity index (χ2n) is 5.73. The number of urea groups is 1. The number of hydrogen-bond acceptors (Lipinski definition) is 3. The molecule has 1 aromatic carbocycles. The first kappa shape index (κ1) is 15.4. The standard InChI is InChI=1S/C17H22N4O2/c22-17(19-14-5-1-2-6-14)20-15-7-3-8-16(13-15)23-12-11-21-10-4-9-18-21/h3-4,7-10,13-14H,1-2,5-6,11-12H2,(H2,19,20,22). The van der Waals surface area contributed by atoms with Crippen LogP contribution >= 0.6 is 0 Å². The minimum absolute atomic E-state index is 0.148. The topological polar surface area (TPSA) is 68.2 Å². The second kappa shape index (κ2) is 7.67. The predicted octanol–water partition coefficient (Wildman–Crippen LogP) is 3.03. The third-order valence-corrected chi connectivity index (χ3v) is 3.93. The summed E-state index contributed by atoms with van der Waals surface area (Å²) in [5.41, 5.74) is 0.733. The van der Waals surface area contributed by atoms with Crippen LogP contribution in [0.5, 0.6) is 5.75 Å². The van der Waals surface area contributed by atoms with Crippen molar-refractivity contribution in [3.8, 4) is 5.75 Å². The average Bonchev–Trinajstić information content (AvgIpc) is 3.21. The quantitative estimate of drug-likeness (QED) is 0.861. The van der Waals surface area contributed by atoms with Crippen molar-refractivity contribution >= 4 is 11.7 Å². The summed E-state index contributed by atoms with van der Waals surface area (Å²) >= 11 is 0. The Balaban J connectivity index is 1.47. The Hall–Kier alpha value is -2.50. The van der Waals surface area contributed by atoms with Crippen LogP contribution in [-0.2, 0) is 6.54 Å². The van der Waals surface area contributed by atoms with Crippen LogP contribution in [0.3, 0.4) is 0 Å². The summed E-state index contributed by atoms with van der Waals surface area (Å²) in [6, 6.07) is 9.48. The Morgan fingerprint density at radius 1 is 1.30 bits per heavy atom. The summed E-state index contributed by atoms with van der Waals surface area (Å²) in [4.78, 5) is 12.0. The van der Waals surface area contributed by atoms with Gasteiger partial charge in [-0.3, -0.25) is 4.68 Å². The van der Waals surface area contributed by atoms with E-state index in [4.69, 9.17) is 4.74 Å². The summed E-state index contributed by atoms with van der Waals surface area (Å²) in [5.74, 6) is 0.732. The molecule has 1 aromatic heterocycles. The van der Waals surface area contributed by atoms with Crippen LogP contribution in [0.15, 0.2) is 42.7 Å². The lowest BCUT2D eigenvalue weighted by Crippen LogP contribution is -2.36. The summed E-state index contributed by atoms with van der Waals surface area (Å²) in [5, 5.41) is 10.00. The molecule has 2 aromatic rings. The van der Waals surface area contributed by atoms with Crippen molar-refractivity contribution in [3.63, 3.8) is 0 Å². The Morgan fingerprint density at radius 2 is 2.17 bits per heavy atom. The third-order valence-electron chi connectivity index (χ3n) is 3.93. The van der Waals surface area contributed by atoms with Gasteiger partial charge in [-0.15, -0.1) is 0 Å². The molecule has 0 aliphatic heterocycles. The summed E-state index contributed by atoms with van der Waals surface area (Å²) in [6.07, 6.45) is 8.19. The maximum Gasteiger partial charge on any atom is 0.319 e. The molecule has 2 N–H and O–H groups in total. The normalized spacial score (nSPS) is 14.6. The molecule has 0 unspecified atom stereocenters. The fourth-order valence-electron chi connectivity index (χ4n) is 2.78. The number of anilines is 1. The fourth-order valence-corrected chi connectivity index (χ4v) is 2.78. The number of aromatic nitrogens is 2. The second-order valence-corrected chi connectivity index (χ2v) is 5.73. The van der Waals surface area contributed by atoms with Crippen molar-refractivity contribution in [1.29, 1.82) is 0 Å². The molecule has 0 radical (unpaired) electrons. The molecule has 6 nitrogen and oxygen atoms in total. The Labute approximate surface area is 135 Å². The zero-order valence-electron chi connectivity index (χ0n) is 13.1. The highest BCUT2D eigenvalue weighted by Gasteiger charge is 2.16. The van der Waals surface area contributed by atoms with Crippen LogP contribution in [0.25, 0.3) is 0 Å². The van der Waals surface area contributed by atoms with Gasteiger partial charge >= 0.3 is 6.03 Å². The van der Waals surface area contributed by atoms with Gasteiger partial charge in [0.1, 0.15) is 12.4 Å². The molecular weight excluding hydrogens is 292 g/mol. The van der Waals surface area contributed by atoms with E-state index in [-0.39, 0.29) is 6.03 Å². The molecule has 0 spiro atoms. The average molecular weight is 314 g/mol. The number of nitrogens with zero attached hydrogens (tertiary/aromatic N) is 2. The minimum atomic E-state index is -0.148. The van der Waals surface area contributed by atoms with Gasteiger partial charge in [0.2, 0.25) is 0 Å². The highest BCUT2D eigenvalue weighted by Crippen LogP contribution is 2.19. The molecule has 122 valence electrons. The summed E-state index contributed by atoms with van der Waals surface area (Å²) in [7, 11) is 0. The van der Waals surface area contributed by atoms with E-state index in [0.29, 0.717) is 19.2 Å². The molecule has 23 heavy (non-hydrogen) atoms. The van der Waals surface area contributed by atoms with Gasteiger partial charge in [-0.2, -0.15) is 5.10 Å². The van der Waals surface area contributed by atoms with Gasteiger partial charge < -0.3 is 15.4 Å². The lowest BCUT2D eigenvalue weighted by Gasteiger charge is -2.13. The molecule has 6 heteroatoms. The van der Waals surface area contributed by atoms with Crippen molar-refractivity contribution in [2.24, 2.45) is 0 Å². The van der Waals surface area contributed by atoms with E-state index < -0.39 is 0 Å². The molecule has 0 bridgehead atoms. The molecule has 0 atom stereocenters. The smallest absolute Gasteiger partial charge is 0.319 e. The van der Waals surface area contributed by atoms with Crippen LogP contribution in [0, 0.1) is 0 Å². The molecule has 2 amide bonds. The molecule has 1 saturated carbocycles.